The van der Waals surface area contributed by atoms with Crippen LogP contribution in [0, 0.1) is 27.7 Å². The van der Waals surface area contributed by atoms with Gasteiger partial charge in [-0.15, -0.1) is 0 Å². The standard InChI is InChI=1S/C12H18N2O/c1-7-6-8(2)10(4)11(9(7)3)14-12(15)13-5/h6H,1-5H3,(H2,13,14,15). The van der Waals surface area contributed by atoms with E-state index in [0.717, 1.165) is 16.8 Å². The van der Waals surface area contributed by atoms with Crippen LogP contribution in [0.15, 0.2) is 6.07 Å². The van der Waals surface area contributed by atoms with Gasteiger partial charge in [0.25, 0.3) is 0 Å². The minimum absolute atomic E-state index is 0.175. The first-order chi connectivity index (χ1) is 6.97. The Labute approximate surface area is 90.9 Å². The maximum atomic E-state index is 11.3. The number of carbonyl (C=O) groups is 1. The van der Waals surface area contributed by atoms with Gasteiger partial charge in [-0.3, -0.25) is 0 Å². The van der Waals surface area contributed by atoms with Gasteiger partial charge in [0.2, 0.25) is 0 Å². The van der Waals surface area contributed by atoms with Crippen molar-refractivity contribution >= 4 is 11.7 Å². The summed E-state index contributed by atoms with van der Waals surface area (Å²) in [5, 5.41) is 5.42. The molecule has 2 amide bonds. The van der Waals surface area contributed by atoms with Crippen LogP contribution in [0.2, 0.25) is 0 Å². The van der Waals surface area contributed by atoms with E-state index in [9.17, 15) is 4.79 Å². The van der Waals surface area contributed by atoms with Crippen molar-refractivity contribution in [2.45, 2.75) is 27.7 Å². The van der Waals surface area contributed by atoms with Crippen molar-refractivity contribution in [3.8, 4) is 0 Å². The van der Waals surface area contributed by atoms with E-state index in [2.05, 4.69) is 30.5 Å². The van der Waals surface area contributed by atoms with Gasteiger partial charge in [0.1, 0.15) is 0 Å². The van der Waals surface area contributed by atoms with Crippen molar-refractivity contribution in [3.05, 3.63) is 28.3 Å². The van der Waals surface area contributed by atoms with Gasteiger partial charge in [-0.25, -0.2) is 4.79 Å². The Morgan fingerprint density at radius 1 is 1.07 bits per heavy atom. The third-order valence-corrected chi connectivity index (χ3v) is 2.83. The smallest absolute Gasteiger partial charge is 0.318 e. The lowest BCUT2D eigenvalue weighted by atomic mass is 9.99. The molecule has 0 heterocycles. The number of benzene rings is 1. The molecule has 0 aliphatic carbocycles. The highest BCUT2D eigenvalue weighted by Crippen LogP contribution is 2.26. The summed E-state index contributed by atoms with van der Waals surface area (Å²) in [6, 6.07) is 1.96. The van der Waals surface area contributed by atoms with Crippen LogP contribution in [-0.4, -0.2) is 13.1 Å². The van der Waals surface area contributed by atoms with Crippen molar-refractivity contribution < 1.29 is 4.79 Å². The molecule has 3 nitrogen and oxygen atoms in total. The van der Waals surface area contributed by atoms with Crippen molar-refractivity contribution in [1.29, 1.82) is 0 Å². The van der Waals surface area contributed by atoms with Gasteiger partial charge in [0, 0.05) is 12.7 Å². The number of hydrogen-bond acceptors (Lipinski definition) is 1. The SMILES string of the molecule is CNC(=O)Nc1c(C)c(C)cc(C)c1C. The van der Waals surface area contributed by atoms with Crippen molar-refractivity contribution in [3.63, 3.8) is 0 Å². The van der Waals surface area contributed by atoms with Crippen LogP contribution in [0.5, 0.6) is 0 Å². The number of carbonyl (C=O) groups excluding carboxylic acids is 1. The van der Waals surface area contributed by atoms with E-state index in [-0.39, 0.29) is 6.03 Å². The van der Waals surface area contributed by atoms with Crippen molar-refractivity contribution in [2.75, 3.05) is 12.4 Å². The van der Waals surface area contributed by atoms with E-state index in [4.69, 9.17) is 0 Å². The molecular formula is C12H18N2O. The van der Waals surface area contributed by atoms with Gasteiger partial charge in [0.15, 0.2) is 0 Å². The summed E-state index contributed by atoms with van der Waals surface area (Å²) >= 11 is 0. The summed E-state index contributed by atoms with van der Waals surface area (Å²) < 4.78 is 0. The molecule has 1 rings (SSSR count). The fourth-order valence-corrected chi connectivity index (χ4v) is 1.58. The Bertz CT molecular complexity index is 371. The molecule has 0 aliphatic heterocycles. The Balaban J connectivity index is 3.21. The number of rotatable bonds is 1. The van der Waals surface area contributed by atoms with Gasteiger partial charge < -0.3 is 10.6 Å². The van der Waals surface area contributed by atoms with E-state index in [0.29, 0.717) is 0 Å². The van der Waals surface area contributed by atoms with Crippen LogP contribution in [-0.2, 0) is 0 Å². The Hall–Kier alpha value is -1.51. The normalized spacial score (nSPS) is 9.93. The van der Waals surface area contributed by atoms with Gasteiger partial charge in [-0.1, -0.05) is 6.07 Å². The van der Waals surface area contributed by atoms with Gasteiger partial charge in [0.05, 0.1) is 0 Å². The molecule has 2 N–H and O–H groups in total. The van der Waals surface area contributed by atoms with E-state index < -0.39 is 0 Å². The lowest BCUT2D eigenvalue weighted by Crippen LogP contribution is -2.25. The minimum atomic E-state index is -0.175. The zero-order chi connectivity index (χ0) is 11.6. The highest BCUT2D eigenvalue weighted by Gasteiger charge is 2.09. The Morgan fingerprint density at radius 3 is 1.93 bits per heavy atom. The molecule has 0 aromatic heterocycles. The van der Waals surface area contributed by atoms with Crippen LogP contribution < -0.4 is 10.6 Å². The number of nitrogens with one attached hydrogen (secondary N) is 2. The van der Waals surface area contributed by atoms with Crippen LogP contribution in [0.3, 0.4) is 0 Å². The molecule has 0 aliphatic rings. The number of amides is 2. The number of hydrogen-bond donors (Lipinski definition) is 2. The second-order valence-corrected chi connectivity index (χ2v) is 3.84. The third kappa shape index (κ3) is 2.29. The second kappa shape index (κ2) is 4.34. The molecule has 15 heavy (non-hydrogen) atoms. The van der Waals surface area contributed by atoms with E-state index in [1.54, 1.807) is 7.05 Å². The average molecular weight is 206 g/mol. The minimum Gasteiger partial charge on any atom is -0.341 e. The van der Waals surface area contributed by atoms with Crippen molar-refractivity contribution in [1.82, 2.24) is 5.32 Å². The molecule has 0 radical (unpaired) electrons. The molecule has 0 bridgehead atoms. The predicted octanol–water partition coefficient (Wildman–Crippen LogP) is 2.67. The number of anilines is 1. The van der Waals surface area contributed by atoms with Gasteiger partial charge in [-0.05, 0) is 49.9 Å². The zero-order valence-corrected chi connectivity index (χ0v) is 9.99. The lowest BCUT2D eigenvalue weighted by Gasteiger charge is -2.15. The molecule has 0 spiro atoms. The fraction of sp³-hybridized carbons (Fsp3) is 0.417. The molecular weight excluding hydrogens is 188 g/mol. The second-order valence-electron chi connectivity index (χ2n) is 3.84. The highest BCUT2D eigenvalue weighted by atomic mass is 16.2. The molecule has 0 saturated heterocycles. The molecule has 0 fully saturated rings. The summed E-state index contributed by atoms with van der Waals surface area (Å²) in [6.07, 6.45) is 0. The Morgan fingerprint density at radius 2 is 1.53 bits per heavy atom. The topological polar surface area (TPSA) is 41.1 Å². The van der Waals surface area contributed by atoms with Crippen molar-refractivity contribution in [2.24, 2.45) is 0 Å². The summed E-state index contributed by atoms with van der Waals surface area (Å²) in [6.45, 7) is 8.15. The average Bonchev–Trinajstić information content (AvgIpc) is 2.21. The first-order valence-electron chi connectivity index (χ1n) is 5.03. The summed E-state index contributed by atoms with van der Waals surface area (Å²) in [5.41, 5.74) is 5.57. The van der Waals surface area contributed by atoms with Gasteiger partial charge in [-0.2, -0.15) is 0 Å². The zero-order valence-electron chi connectivity index (χ0n) is 9.99. The van der Waals surface area contributed by atoms with Crippen LogP contribution in [0.25, 0.3) is 0 Å². The number of aryl methyl sites for hydroxylation is 2. The summed E-state index contributed by atoms with van der Waals surface area (Å²) in [5.74, 6) is 0. The largest absolute Gasteiger partial charge is 0.341 e. The van der Waals surface area contributed by atoms with Crippen LogP contribution in [0.1, 0.15) is 22.3 Å². The summed E-state index contributed by atoms with van der Waals surface area (Å²) in [7, 11) is 1.61. The molecule has 0 saturated carbocycles. The number of urea groups is 1. The lowest BCUT2D eigenvalue weighted by molar-refractivity contribution is 0.254. The quantitative estimate of drug-likeness (QED) is 0.728. The summed E-state index contributed by atoms with van der Waals surface area (Å²) in [4.78, 5) is 11.3. The molecule has 82 valence electrons. The molecule has 0 unspecified atom stereocenters. The molecule has 1 aromatic rings. The molecule has 1 aromatic carbocycles. The van der Waals surface area contributed by atoms with Gasteiger partial charge >= 0.3 is 6.03 Å². The van der Waals surface area contributed by atoms with E-state index in [1.165, 1.54) is 11.1 Å². The first-order valence-corrected chi connectivity index (χ1v) is 5.03. The maximum absolute atomic E-state index is 11.3. The Kier molecular flexibility index (Phi) is 3.35. The third-order valence-electron chi connectivity index (χ3n) is 2.83. The highest BCUT2D eigenvalue weighted by molar-refractivity contribution is 5.91. The predicted molar refractivity (Wildman–Crippen MR) is 63.5 cm³/mol. The first kappa shape index (κ1) is 11.6. The van der Waals surface area contributed by atoms with Crippen LogP contribution >= 0.6 is 0 Å². The maximum Gasteiger partial charge on any atom is 0.318 e. The fourth-order valence-electron chi connectivity index (χ4n) is 1.58. The monoisotopic (exact) mass is 206 g/mol. The van der Waals surface area contributed by atoms with E-state index in [1.807, 2.05) is 13.8 Å². The van der Waals surface area contributed by atoms with Crippen LogP contribution in [0.4, 0.5) is 10.5 Å². The molecule has 0 atom stereocenters. The molecule has 3 heteroatoms. The van der Waals surface area contributed by atoms with E-state index >= 15 is 0 Å².